The van der Waals surface area contributed by atoms with Crippen molar-refractivity contribution in [1.29, 1.82) is 0 Å². The van der Waals surface area contributed by atoms with Crippen LogP contribution in [-0.2, 0) is 24.3 Å². The Morgan fingerprint density at radius 2 is 1.88 bits per heavy atom. The first-order valence-corrected chi connectivity index (χ1v) is 8.99. The van der Waals surface area contributed by atoms with Crippen molar-refractivity contribution >= 4 is 27.9 Å². The second-order valence-electron chi connectivity index (χ2n) is 6.23. The van der Waals surface area contributed by atoms with E-state index in [4.69, 9.17) is 9.47 Å². The third-order valence-electron chi connectivity index (χ3n) is 3.34. The number of hydrogen-bond acceptors (Lipinski definition) is 6. The van der Waals surface area contributed by atoms with Gasteiger partial charge in [-0.05, 0) is 30.8 Å². The summed E-state index contributed by atoms with van der Waals surface area (Å²) in [6.45, 7) is 4.90. The van der Waals surface area contributed by atoms with Crippen LogP contribution >= 0.6 is 0 Å². The minimum atomic E-state index is -3.71. The molecule has 0 fully saturated rings. The average molecular weight is 369 g/mol. The van der Waals surface area contributed by atoms with Crippen molar-refractivity contribution in [1.82, 2.24) is 4.72 Å². The van der Waals surface area contributed by atoms with Crippen LogP contribution in [0, 0.1) is 5.41 Å². The molecule has 8 heteroatoms. The Hall–Kier alpha value is -2.19. The summed E-state index contributed by atoms with van der Waals surface area (Å²) in [5, 5.41) is 0. The van der Waals surface area contributed by atoms with Gasteiger partial charge in [0.2, 0.25) is 10.0 Å². The SMILES string of the molecule is CNS(=O)(=O)c1cc(/C=C/C(=O)OCC(=O)C(C)(C)C)ccc1OC. The molecule has 0 aromatic heterocycles. The van der Waals surface area contributed by atoms with E-state index in [-0.39, 0.29) is 23.0 Å². The molecule has 0 aliphatic rings. The lowest BCUT2D eigenvalue weighted by Crippen LogP contribution is -2.25. The molecular formula is C17H23NO6S. The molecule has 0 aliphatic carbocycles. The summed E-state index contributed by atoms with van der Waals surface area (Å²) in [6, 6.07) is 4.45. The molecule has 138 valence electrons. The zero-order valence-corrected chi connectivity index (χ0v) is 15.8. The highest BCUT2D eigenvalue weighted by Gasteiger charge is 2.22. The average Bonchev–Trinajstić information content (AvgIpc) is 2.56. The van der Waals surface area contributed by atoms with Crippen molar-refractivity contribution in [2.75, 3.05) is 20.8 Å². The number of Topliss-reactive ketones (excluding diaryl/α,β-unsaturated/α-hetero) is 1. The first-order valence-electron chi connectivity index (χ1n) is 7.51. The highest BCUT2D eigenvalue weighted by molar-refractivity contribution is 7.89. The lowest BCUT2D eigenvalue weighted by atomic mass is 9.91. The Morgan fingerprint density at radius 1 is 1.24 bits per heavy atom. The van der Waals surface area contributed by atoms with Gasteiger partial charge in [0.05, 0.1) is 7.11 Å². The lowest BCUT2D eigenvalue weighted by Gasteiger charge is -2.15. The Morgan fingerprint density at radius 3 is 2.40 bits per heavy atom. The molecular weight excluding hydrogens is 346 g/mol. The van der Waals surface area contributed by atoms with Gasteiger partial charge in [-0.3, -0.25) is 4.79 Å². The summed E-state index contributed by atoms with van der Waals surface area (Å²) in [4.78, 5) is 23.4. The van der Waals surface area contributed by atoms with E-state index in [1.807, 2.05) is 0 Å². The minimum Gasteiger partial charge on any atom is -0.495 e. The monoisotopic (exact) mass is 369 g/mol. The fraction of sp³-hybridized carbons (Fsp3) is 0.412. The van der Waals surface area contributed by atoms with Gasteiger partial charge in [0.15, 0.2) is 12.4 Å². The molecule has 0 heterocycles. The predicted octanol–water partition coefficient (Wildman–Crippen LogP) is 1.77. The maximum Gasteiger partial charge on any atom is 0.331 e. The molecule has 7 nitrogen and oxygen atoms in total. The van der Waals surface area contributed by atoms with Crippen LogP contribution in [0.2, 0.25) is 0 Å². The van der Waals surface area contributed by atoms with Crippen molar-refractivity contribution in [3.05, 3.63) is 29.8 Å². The topological polar surface area (TPSA) is 98.8 Å². The van der Waals surface area contributed by atoms with E-state index >= 15 is 0 Å². The number of rotatable bonds is 7. The van der Waals surface area contributed by atoms with E-state index in [2.05, 4.69) is 4.72 Å². The molecule has 0 bridgehead atoms. The molecule has 1 N–H and O–H groups in total. The van der Waals surface area contributed by atoms with E-state index in [1.54, 1.807) is 26.8 Å². The first-order chi connectivity index (χ1) is 11.5. The molecule has 25 heavy (non-hydrogen) atoms. The van der Waals surface area contributed by atoms with Crippen LogP contribution in [-0.4, -0.2) is 40.9 Å². The highest BCUT2D eigenvalue weighted by atomic mass is 32.2. The Balaban J connectivity index is 2.89. The maximum absolute atomic E-state index is 12.0. The van der Waals surface area contributed by atoms with E-state index in [1.165, 1.54) is 32.4 Å². The first kappa shape index (κ1) is 20.9. The van der Waals surface area contributed by atoms with Crippen LogP contribution in [0.4, 0.5) is 0 Å². The predicted molar refractivity (Wildman–Crippen MR) is 93.7 cm³/mol. The van der Waals surface area contributed by atoms with E-state index < -0.39 is 21.4 Å². The number of methoxy groups -OCH3 is 1. The number of hydrogen-bond donors (Lipinski definition) is 1. The molecule has 1 rings (SSSR count). The van der Waals surface area contributed by atoms with Crippen LogP contribution in [0.15, 0.2) is 29.2 Å². The Labute approximate surface area is 148 Å². The number of esters is 1. The lowest BCUT2D eigenvalue weighted by molar-refractivity contribution is -0.145. The molecule has 0 aliphatic heterocycles. The van der Waals surface area contributed by atoms with Crippen LogP contribution in [0.1, 0.15) is 26.3 Å². The second-order valence-corrected chi connectivity index (χ2v) is 8.09. The third-order valence-corrected chi connectivity index (χ3v) is 4.78. The summed E-state index contributed by atoms with van der Waals surface area (Å²) in [5.74, 6) is -0.697. The molecule has 0 spiro atoms. The van der Waals surface area contributed by atoms with Crippen molar-refractivity contribution in [3.63, 3.8) is 0 Å². The van der Waals surface area contributed by atoms with Crippen molar-refractivity contribution in [2.45, 2.75) is 25.7 Å². The van der Waals surface area contributed by atoms with E-state index in [0.29, 0.717) is 5.56 Å². The quantitative estimate of drug-likeness (QED) is 0.581. The van der Waals surface area contributed by atoms with E-state index in [0.717, 1.165) is 6.08 Å². The molecule has 0 radical (unpaired) electrons. The van der Waals surface area contributed by atoms with Crippen molar-refractivity contribution in [2.24, 2.45) is 5.41 Å². The van der Waals surface area contributed by atoms with Gasteiger partial charge in [0.1, 0.15) is 10.6 Å². The van der Waals surface area contributed by atoms with Gasteiger partial charge in [-0.2, -0.15) is 0 Å². The summed E-state index contributed by atoms with van der Waals surface area (Å²) in [5.41, 5.74) is -0.121. The number of nitrogens with one attached hydrogen (secondary N) is 1. The number of ether oxygens (including phenoxy) is 2. The molecule has 0 saturated carbocycles. The van der Waals surface area contributed by atoms with Gasteiger partial charge in [-0.1, -0.05) is 26.8 Å². The molecule has 0 amide bonds. The molecule has 1 aromatic carbocycles. The number of ketones is 1. The summed E-state index contributed by atoms with van der Waals surface area (Å²) < 4.78 is 36.1. The summed E-state index contributed by atoms with van der Waals surface area (Å²) >= 11 is 0. The summed E-state index contributed by atoms with van der Waals surface area (Å²) in [7, 11) is -1.05. The van der Waals surface area contributed by atoms with Crippen molar-refractivity contribution < 1.29 is 27.5 Å². The molecule has 0 saturated heterocycles. The van der Waals surface area contributed by atoms with Gasteiger partial charge in [-0.25, -0.2) is 17.9 Å². The zero-order valence-electron chi connectivity index (χ0n) is 15.0. The van der Waals surface area contributed by atoms with Gasteiger partial charge >= 0.3 is 5.97 Å². The number of carbonyl (C=O) groups excluding carboxylic acids is 2. The molecule has 1 aromatic rings. The molecule has 0 unspecified atom stereocenters. The fourth-order valence-electron chi connectivity index (χ4n) is 1.68. The molecule has 0 atom stereocenters. The Bertz CT molecular complexity index is 775. The van der Waals surface area contributed by atoms with Crippen molar-refractivity contribution in [3.8, 4) is 5.75 Å². The normalized spacial score (nSPS) is 12.2. The van der Waals surface area contributed by atoms with Crippen LogP contribution < -0.4 is 9.46 Å². The van der Waals surface area contributed by atoms with Crippen LogP contribution in [0.3, 0.4) is 0 Å². The van der Waals surface area contributed by atoms with Crippen LogP contribution in [0.25, 0.3) is 6.08 Å². The van der Waals surface area contributed by atoms with Gasteiger partial charge < -0.3 is 9.47 Å². The minimum absolute atomic E-state index is 0.0454. The third kappa shape index (κ3) is 5.99. The Kier molecular flexibility index (Phi) is 6.89. The highest BCUT2D eigenvalue weighted by Crippen LogP contribution is 2.25. The number of benzene rings is 1. The fourth-order valence-corrected chi connectivity index (χ4v) is 2.61. The zero-order chi connectivity index (χ0) is 19.3. The van der Waals surface area contributed by atoms with Gasteiger partial charge in [0, 0.05) is 11.5 Å². The maximum atomic E-state index is 12.0. The van der Waals surface area contributed by atoms with E-state index in [9.17, 15) is 18.0 Å². The van der Waals surface area contributed by atoms with Crippen LogP contribution in [0.5, 0.6) is 5.75 Å². The smallest absolute Gasteiger partial charge is 0.331 e. The summed E-state index contributed by atoms with van der Waals surface area (Å²) in [6.07, 6.45) is 2.53. The second kappa shape index (κ2) is 8.26. The van der Waals surface area contributed by atoms with Gasteiger partial charge in [0.25, 0.3) is 0 Å². The van der Waals surface area contributed by atoms with Gasteiger partial charge in [-0.15, -0.1) is 0 Å². The number of sulfonamides is 1. The largest absolute Gasteiger partial charge is 0.495 e. The number of carbonyl (C=O) groups is 2. The standard InChI is InChI=1S/C17H23NO6S/c1-17(2,3)15(19)11-24-16(20)9-7-12-6-8-13(23-5)14(10-12)25(21,22)18-4/h6-10,18H,11H2,1-5H3/b9-7+.